The molecule has 3 rings (SSSR count). The largest absolute Gasteiger partial charge is 0.508 e. The molecule has 4 nitrogen and oxygen atoms in total. The average Bonchev–Trinajstić information content (AvgIpc) is 2.98. The molecule has 0 unspecified atom stereocenters. The number of carbonyl (C=O) groups is 1. The fourth-order valence-electron chi connectivity index (χ4n) is 2.86. The number of rotatable bonds is 3. The predicted octanol–water partition coefficient (Wildman–Crippen LogP) is 4.44. The van der Waals surface area contributed by atoms with E-state index < -0.39 is 0 Å². The van der Waals surface area contributed by atoms with Crippen molar-refractivity contribution in [2.24, 2.45) is 0 Å². The first-order chi connectivity index (χ1) is 11.7. The third kappa shape index (κ3) is 3.68. The van der Waals surface area contributed by atoms with Gasteiger partial charge in [-0.15, -0.1) is 0 Å². The summed E-state index contributed by atoms with van der Waals surface area (Å²) in [6.45, 7) is 7.01. The molecule has 130 valence electrons. The number of aromatic amines is 1. The zero-order valence-electron chi connectivity index (χ0n) is 15.1. The van der Waals surface area contributed by atoms with E-state index in [1.807, 2.05) is 18.2 Å². The summed E-state index contributed by atoms with van der Waals surface area (Å²) in [7, 11) is 1.78. The van der Waals surface area contributed by atoms with Gasteiger partial charge in [-0.2, -0.15) is 0 Å². The van der Waals surface area contributed by atoms with E-state index in [0.717, 1.165) is 16.5 Å². The highest BCUT2D eigenvalue weighted by Gasteiger charge is 2.17. The predicted molar refractivity (Wildman–Crippen MR) is 101 cm³/mol. The molecule has 0 saturated heterocycles. The van der Waals surface area contributed by atoms with Crippen LogP contribution in [0, 0.1) is 0 Å². The van der Waals surface area contributed by atoms with Crippen LogP contribution in [0.25, 0.3) is 10.9 Å². The molecule has 2 aromatic carbocycles. The topological polar surface area (TPSA) is 56.3 Å². The van der Waals surface area contributed by atoms with Crippen LogP contribution >= 0.6 is 0 Å². The standard InChI is InChI=1S/C21H24N2O2/c1-21(2,3)16-8-7-15-11-19(22-18(15)12-16)20(25)23(4)13-14-5-9-17(24)10-6-14/h5-12,22,24H,13H2,1-4H3. The number of amides is 1. The molecule has 0 radical (unpaired) electrons. The van der Waals surface area contributed by atoms with E-state index in [4.69, 9.17) is 0 Å². The van der Waals surface area contributed by atoms with Gasteiger partial charge in [0.15, 0.2) is 0 Å². The summed E-state index contributed by atoms with van der Waals surface area (Å²) in [5.74, 6) is 0.171. The van der Waals surface area contributed by atoms with Crippen molar-refractivity contribution in [1.82, 2.24) is 9.88 Å². The number of aromatic hydroxyl groups is 1. The number of phenolic OH excluding ortho intramolecular Hbond substituents is 1. The van der Waals surface area contributed by atoms with Gasteiger partial charge in [0.2, 0.25) is 0 Å². The number of hydrogen-bond acceptors (Lipinski definition) is 2. The van der Waals surface area contributed by atoms with Crippen molar-refractivity contribution in [2.45, 2.75) is 32.7 Å². The number of H-pyrrole nitrogens is 1. The number of fused-ring (bicyclic) bond motifs is 1. The highest BCUT2D eigenvalue weighted by Crippen LogP contribution is 2.26. The molecular weight excluding hydrogens is 312 g/mol. The van der Waals surface area contributed by atoms with E-state index in [-0.39, 0.29) is 17.1 Å². The van der Waals surface area contributed by atoms with Crippen LogP contribution in [0.2, 0.25) is 0 Å². The first kappa shape index (κ1) is 17.1. The lowest BCUT2D eigenvalue weighted by Gasteiger charge is -2.18. The smallest absolute Gasteiger partial charge is 0.270 e. The van der Waals surface area contributed by atoms with Gasteiger partial charge >= 0.3 is 0 Å². The summed E-state index contributed by atoms with van der Waals surface area (Å²) in [5.41, 5.74) is 3.84. The Morgan fingerprint density at radius 3 is 2.40 bits per heavy atom. The SMILES string of the molecule is CN(Cc1ccc(O)cc1)C(=O)c1cc2ccc(C(C)(C)C)cc2[nH]1. The number of aromatic nitrogens is 1. The second-order valence-corrected chi connectivity index (χ2v) is 7.56. The van der Waals surface area contributed by atoms with Crippen molar-refractivity contribution in [3.05, 3.63) is 65.4 Å². The Morgan fingerprint density at radius 2 is 1.76 bits per heavy atom. The molecule has 1 amide bonds. The molecule has 3 aromatic rings. The lowest BCUT2D eigenvalue weighted by atomic mass is 9.87. The van der Waals surface area contributed by atoms with Gasteiger partial charge in [-0.25, -0.2) is 0 Å². The van der Waals surface area contributed by atoms with Crippen molar-refractivity contribution >= 4 is 16.8 Å². The van der Waals surface area contributed by atoms with Crippen LogP contribution in [0.1, 0.15) is 42.4 Å². The van der Waals surface area contributed by atoms with Gasteiger partial charge in [-0.3, -0.25) is 4.79 Å². The fraction of sp³-hybridized carbons (Fsp3) is 0.286. The molecule has 0 atom stereocenters. The van der Waals surface area contributed by atoms with Crippen LogP contribution in [0.5, 0.6) is 5.75 Å². The van der Waals surface area contributed by atoms with E-state index in [1.54, 1.807) is 24.1 Å². The molecule has 4 heteroatoms. The summed E-state index contributed by atoms with van der Waals surface area (Å²) >= 11 is 0. The van der Waals surface area contributed by atoms with Crippen molar-refractivity contribution in [2.75, 3.05) is 7.05 Å². The molecular formula is C21H24N2O2. The third-order valence-electron chi connectivity index (χ3n) is 4.42. The first-order valence-corrected chi connectivity index (χ1v) is 8.41. The maximum Gasteiger partial charge on any atom is 0.270 e. The second kappa shape index (κ2) is 6.28. The number of phenols is 1. The average molecular weight is 336 g/mol. The second-order valence-electron chi connectivity index (χ2n) is 7.56. The Balaban J connectivity index is 1.82. The van der Waals surface area contributed by atoms with Crippen LogP contribution in [-0.4, -0.2) is 27.9 Å². The van der Waals surface area contributed by atoms with Crippen LogP contribution in [0.3, 0.4) is 0 Å². The van der Waals surface area contributed by atoms with Gasteiger partial charge in [0.25, 0.3) is 5.91 Å². The van der Waals surface area contributed by atoms with E-state index >= 15 is 0 Å². The molecule has 2 N–H and O–H groups in total. The van der Waals surface area contributed by atoms with Crippen LogP contribution < -0.4 is 0 Å². The monoisotopic (exact) mass is 336 g/mol. The number of nitrogens with zero attached hydrogens (tertiary/aromatic N) is 1. The summed E-state index contributed by atoms with van der Waals surface area (Å²) < 4.78 is 0. The number of nitrogens with one attached hydrogen (secondary N) is 1. The lowest BCUT2D eigenvalue weighted by molar-refractivity contribution is 0.0780. The van der Waals surface area contributed by atoms with Gasteiger partial charge < -0.3 is 15.0 Å². The summed E-state index contributed by atoms with van der Waals surface area (Å²) in [5, 5.41) is 10.4. The third-order valence-corrected chi connectivity index (χ3v) is 4.42. The van der Waals surface area contributed by atoms with Crippen LogP contribution in [0.4, 0.5) is 0 Å². The van der Waals surface area contributed by atoms with E-state index in [2.05, 4.69) is 44.0 Å². The maximum absolute atomic E-state index is 12.7. The summed E-state index contributed by atoms with van der Waals surface area (Å²) in [6, 6.07) is 15.1. The van der Waals surface area contributed by atoms with E-state index in [1.165, 1.54) is 5.56 Å². The Hall–Kier alpha value is -2.75. The lowest BCUT2D eigenvalue weighted by Crippen LogP contribution is -2.26. The minimum Gasteiger partial charge on any atom is -0.508 e. The zero-order chi connectivity index (χ0) is 18.2. The highest BCUT2D eigenvalue weighted by atomic mass is 16.3. The molecule has 1 heterocycles. The fourth-order valence-corrected chi connectivity index (χ4v) is 2.86. The Morgan fingerprint density at radius 1 is 1.08 bits per heavy atom. The van der Waals surface area contributed by atoms with Crippen LogP contribution in [0.15, 0.2) is 48.5 Å². The number of hydrogen-bond donors (Lipinski definition) is 2. The Labute approximate surface area is 148 Å². The molecule has 0 spiro atoms. The Kier molecular flexibility index (Phi) is 4.29. The van der Waals surface area contributed by atoms with Crippen LogP contribution in [-0.2, 0) is 12.0 Å². The van der Waals surface area contributed by atoms with Gasteiger partial charge in [-0.05, 0) is 40.8 Å². The summed E-state index contributed by atoms with van der Waals surface area (Å²) in [4.78, 5) is 17.6. The van der Waals surface area contributed by atoms with Crippen molar-refractivity contribution in [3.8, 4) is 5.75 Å². The summed E-state index contributed by atoms with van der Waals surface area (Å²) in [6.07, 6.45) is 0. The van der Waals surface area contributed by atoms with Gasteiger partial charge in [-0.1, -0.05) is 45.0 Å². The van der Waals surface area contributed by atoms with E-state index in [0.29, 0.717) is 12.2 Å². The minimum atomic E-state index is -0.0541. The first-order valence-electron chi connectivity index (χ1n) is 8.41. The maximum atomic E-state index is 12.7. The van der Waals surface area contributed by atoms with Crippen molar-refractivity contribution < 1.29 is 9.90 Å². The van der Waals surface area contributed by atoms with Gasteiger partial charge in [0.05, 0.1) is 0 Å². The highest BCUT2D eigenvalue weighted by molar-refractivity contribution is 5.98. The number of carbonyl (C=O) groups excluding carboxylic acids is 1. The molecule has 0 aliphatic rings. The molecule has 0 bridgehead atoms. The Bertz CT molecular complexity index is 902. The number of benzene rings is 2. The normalized spacial score (nSPS) is 11.7. The van der Waals surface area contributed by atoms with Gasteiger partial charge in [0.1, 0.15) is 11.4 Å². The minimum absolute atomic E-state index is 0.0541. The van der Waals surface area contributed by atoms with Crippen molar-refractivity contribution in [1.29, 1.82) is 0 Å². The molecule has 0 fully saturated rings. The molecule has 0 saturated carbocycles. The molecule has 1 aromatic heterocycles. The molecule has 25 heavy (non-hydrogen) atoms. The molecule has 0 aliphatic heterocycles. The van der Waals surface area contributed by atoms with Gasteiger partial charge in [0, 0.05) is 24.5 Å². The quantitative estimate of drug-likeness (QED) is 0.743. The molecule has 0 aliphatic carbocycles. The van der Waals surface area contributed by atoms with E-state index in [9.17, 15) is 9.90 Å². The van der Waals surface area contributed by atoms with Crippen molar-refractivity contribution in [3.63, 3.8) is 0 Å². The zero-order valence-corrected chi connectivity index (χ0v) is 15.1.